The Bertz CT molecular complexity index is 481. The molecule has 0 radical (unpaired) electrons. The fraction of sp³-hybridized carbons (Fsp3) is 0.696. The van der Waals surface area contributed by atoms with Gasteiger partial charge in [-0.1, -0.05) is 79.4 Å². The Labute approximate surface area is 155 Å². The number of hydrogen-bond donors (Lipinski definition) is 0. The van der Waals surface area contributed by atoms with Gasteiger partial charge in [0.25, 0.3) is 0 Å². The molecule has 0 aliphatic rings. The number of Topliss-reactive ketones (excluding diaryl/α,β-unsaturated/α-hetero) is 1. The van der Waals surface area contributed by atoms with Gasteiger partial charge in [0.1, 0.15) is 11.6 Å². The lowest BCUT2D eigenvalue weighted by Gasteiger charge is -2.24. The number of benzene rings is 1. The van der Waals surface area contributed by atoms with Crippen LogP contribution in [0.4, 0.5) is 4.39 Å². The van der Waals surface area contributed by atoms with Crippen molar-refractivity contribution in [3.05, 3.63) is 35.1 Å². The van der Waals surface area contributed by atoms with Crippen LogP contribution < -0.4 is 0 Å². The summed E-state index contributed by atoms with van der Waals surface area (Å²) in [5.74, 6) is 1.13. The molecular weight excluding hydrogens is 311 g/mol. The van der Waals surface area contributed by atoms with Crippen LogP contribution in [0, 0.1) is 17.7 Å². The maximum Gasteiger partial charge on any atom is 0.132 e. The SMILES string of the molecule is CC.CCCCCC(C)C(CC(=O)CC)Cc1ccc(F)c(CC)c1. The molecule has 1 nitrogen and oxygen atoms in total. The Morgan fingerprint density at radius 1 is 1.12 bits per heavy atom. The van der Waals surface area contributed by atoms with Gasteiger partial charge in [0.15, 0.2) is 0 Å². The number of rotatable bonds is 11. The van der Waals surface area contributed by atoms with E-state index in [-0.39, 0.29) is 5.82 Å². The largest absolute Gasteiger partial charge is 0.300 e. The van der Waals surface area contributed by atoms with Crippen LogP contribution >= 0.6 is 0 Å². The number of hydrogen-bond acceptors (Lipinski definition) is 1. The van der Waals surface area contributed by atoms with Crippen LogP contribution in [0.25, 0.3) is 0 Å². The third-order valence-electron chi connectivity index (χ3n) is 4.94. The third-order valence-corrected chi connectivity index (χ3v) is 4.94. The molecule has 1 rings (SSSR count). The average molecular weight is 351 g/mol. The van der Waals surface area contributed by atoms with Gasteiger partial charge in [-0.05, 0) is 41.9 Å². The highest BCUT2D eigenvalue weighted by atomic mass is 19.1. The summed E-state index contributed by atoms with van der Waals surface area (Å²) < 4.78 is 13.7. The van der Waals surface area contributed by atoms with Crippen LogP contribution in [-0.2, 0) is 17.6 Å². The van der Waals surface area contributed by atoms with Gasteiger partial charge >= 0.3 is 0 Å². The monoisotopic (exact) mass is 350 g/mol. The first-order valence-electron chi connectivity index (χ1n) is 10.3. The lowest BCUT2D eigenvalue weighted by atomic mass is 9.81. The van der Waals surface area contributed by atoms with Crippen molar-refractivity contribution in [1.29, 1.82) is 0 Å². The van der Waals surface area contributed by atoms with Crippen LogP contribution in [-0.4, -0.2) is 5.78 Å². The van der Waals surface area contributed by atoms with Crippen molar-refractivity contribution >= 4 is 5.78 Å². The van der Waals surface area contributed by atoms with Crippen molar-refractivity contribution < 1.29 is 9.18 Å². The quantitative estimate of drug-likeness (QED) is 0.387. The van der Waals surface area contributed by atoms with E-state index in [1.165, 1.54) is 31.2 Å². The molecule has 2 heteroatoms. The lowest BCUT2D eigenvalue weighted by molar-refractivity contribution is -0.120. The van der Waals surface area contributed by atoms with E-state index in [4.69, 9.17) is 0 Å². The summed E-state index contributed by atoms with van der Waals surface area (Å²) in [6, 6.07) is 5.45. The molecule has 0 fully saturated rings. The second-order valence-electron chi connectivity index (χ2n) is 6.81. The fourth-order valence-corrected chi connectivity index (χ4v) is 3.19. The summed E-state index contributed by atoms with van der Waals surface area (Å²) in [5, 5.41) is 0. The highest BCUT2D eigenvalue weighted by Crippen LogP contribution is 2.27. The van der Waals surface area contributed by atoms with Gasteiger partial charge in [-0.2, -0.15) is 0 Å². The van der Waals surface area contributed by atoms with Crippen molar-refractivity contribution in [2.24, 2.45) is 11.8 Å². The fourth-order valence-electron chi connectivity index (χ4n) is 3.19. The molecule has 0 heterocycles. The summed E-state index contributed by atoms with van der Waals surface area (Å²) in [5.41, 5.74) is 1.95. The zero-order valence-electron chi connectivity index (χ0n) is 17.3. The van der Waals surface area contributed by atoms with Gasteiger partial charge in [0, 0.05) is 12.8 Å². The highest BCUT2D eigenvalue weighted by Gasteiger charge is 2.20. The molecule has 0 amide bonds. The van der Waals surface area contributed by atoms with Gasteiger partial charge < -0.3 is 0 Å². The van der Waals surface area contributed by atoms with Crippen LogP contribution in [0.5, 0.6) is 0 Å². The first-order valence-corrected chi connectivity index (χ1v) is 10.3. The van der Waals surface area contributed by atoms with E-state index in [2.05, 4.69) is 13.8 Å². The molecule has 25 heavy (non-hydrogen) atoms. The molecule has 0 saturated heterocycles. The van der Waals surface area contributed by atoms with E-state index in [9.17, 15) is 9.18 Å². The van der Waals surface area contributed by atoms with Gasteiger partial charge in [0.2, 0.25) is 0 Å². The molecule has 2 unspecified atom stereocenters. The second kappa shape index (κ2) is 14.0. The molecule has 1 aromatic carbocycles. The van der Waals surface area contributed by atoms with E-state index in [0.29, 0.717) is 36.9 Å². The minimum Gasteiger partial charge on any atom is -0.300 e. The summed E-state index contributed by atoms with van der Waals surface area (Å²) in [6.45, 7) is 12.4. The molecule has 2 atom stereocenters. The maximum absolute atomic E-state index is 13.7. The molecule has 144 valence electrons. The predicted molar refractivity (Wildman–Crippen MR) is 108 cm³/mol. The summed E-state index contributed by atoms with van der Waals surface area (Å²) in [6.07, 6.45) is 7.76. The molecule has 1 aromatic rings. The molecule has 0 aliphatic heterocycles. The van der Waals surface area contributed by atoms with Crippen LogP contribution in [0.3, 0.4) is 0 Å². The van der Waals surface area contributed by atoms with Crippen molar-refractivity contribution in [1.82, 2.24) is 0 Å². The summed E-state index contributed by atoms with van der Waals surface area (Å²) in [7, 11) is 0. The lowest BCUT2D eigenvalue weighted by Crippen LogP contribution is -2.19. The molecule has 0 spiro atoms. The topological polar surface area (TPSA) is 17.1 Å². The molecular formula is C23H39FO. The van der Waals surface area contributed by atoms with Gasteiger partial charge in [-0.15, -0.1) is 0 Å². The number of ketones is 1. The van der Waals surface area contributed by atoms with Crippen molar-refractivity contribution in [2.45, 2.75) is 92.9 Å². The standard InChI is InChI=1S/C21H33FO.C2H6/c1-5-8-9-10-16(4)19(15-20(23)7-3)14-17-11-12-21(22)18(6-2)13-17;1-2/h11-13,16,19H,5-10,14-15H2,1-4H3;1-2H3. The maximum atomic E-state index is 13.7. The van der Waals surface area contributed by atoms with Crippen LogP contribution in [0.2, 0.25) is 0 Å². The summed E-state index contributed by atoms with van der Waals surface area (Å²) >= 11 is 0. The van der Waals surface area contributed by atoms with E-state index < -0.39 is 0 Å². The Kier molecular flexibility index (Phi) is 13.4. The average Bonchev–Trinajstić information content (AvgIpc) is 2.64. The Morgan fingerprint density at radius 3 is 2.36 bits per heavy atom. The van der Waals surface area contributed by atoms with Gasteiger partial charge in [-0.3, -0.25) is 4.79 Å². The van der Waals surface area contributed by atoms with E-state index in [1.54, 1.807) is 6.07 Å². The Balaban J connectivity index is 0.00000277. The number of carbonyl (C=O) groups excluding carboxylic acids is 1. The van der Waals surface area contributed by atoms with Gasteiger partial charge in [0.05, 0.1) is 0 Å². The predicted octanol–water partition coefficient (Wildman–Crippen LogP) is 7.16. The molecule has 0 N–H and O–H groups in total. The zero-order chi connectivity index (χ0) is 19.2. The van der Waals surface area contributed by atoms with Crippen molar-refractivity contribution in [2.75, 3.05) is 0 Å². The van der Waals surface area contributed by atoms with Crippen LogP contribution in [0.1, 0.15) is 91.2 Å². The number of halogens is 1. The normalized spacial score (nSPS) is 12.9. The minimum absolute atomic E-state index is 0.117. The molecule has 0 bridgehead atoms. The first kappa shape index (κ1) is 23.8. The molecule has 0 saturated carbocycles. The third kappa shape index (κ3) is 9.18. The smallest absolute Gasteiger partial charge is 0.132 e. The highest BCUT2D eigenvalue weighted by molar-refractivity contribution is 5.78. The van der Waals surface area contributed by atoms with E-state index in [0.717, 1.165) is 12.0 Å². The van der Waals surface area contributed by atoms with E-state index >= 15 is 0 Å². The van der Waals surface area contributed by atoms with Crippen molar-refractivity contribution in [3.63, 3.8) is 0 Å². The van der Waals surface area contributed by atoms with Crippen molar-refractivity contribution in [3.8, 4) is 0 Å². The number of aryl methyl sites for hydroxylation is 1. The number of unbranched alkanes of at least 4 members (excludes halogenated alkanes) is 2. The Morgan fingerprint density at radius 2 is 1.80 bits per heavy atom. The van der Waals surface area contributed by atoms with Gasteiger partial charge in [-0.25, -0.2) is 4.39 Å². The zero-order valence-corrected chi connectivity index (χ0v) is 17.3. The van der Waals surface area contributed by atoms with E-state index in [1.807, 2.05) is 39.8 Å². The number of carbonyl (C=O) groups is 1. The molecule has 0 aromatic heterocycles. The van der Waals surface area contributed by atoms with Crippen LogP contribution in [0.15, 0.2) is 18.2 Å². The summed E-state index contributed by atoms with van der Waals surface area (Å²) in [4.78, 5) is 12.0. The first-order chi connectivity index (χ1) is 12.0. The molecule has 0 aliphatic carbocycles. The second-order valence-corrected chi connectivity index (χ2v) is 6.81. The Hall–Kier alpha value is -1.18. The minimum atomic E-state index is -0.117.